The first-order valence-corrected chi connectivity index (χ1v) is 8.23. The van der Waals surface area contributed by atoms with Gasteiger partial charge in [0.25, 0.3) is 5.91 Å². The Labute approximate surface area is 148 Å². The molecule has 0 aliphatic heterocycles. The summed E-state index contributed by atoms with van der Waals surface area (Å²) in [4.78, 5) is 12.6. The lowest BCUT2D eigenvalue weighted by molar-refractivity contribution is 0.102. The molecule has 0 fully saturated rings. The van der Waals surface area contributed by atoms with Gasteiger partial charge in [-0.3, -0.25) is 4.79 Å². The molecule has 0 aliphatic rings. The van der Waals surface area contributed by atoms with E-state index >= 15 is 0 Å². The summed E-state index contributed by atoms with van der Waals surface area (Å²) in [7, 11) is 1.48. The van der Waals surface area contributed by atoms with Crippen LogP contribution in [0.15, 0.2) is 42.5 Å². The number of methoxy groups -OCH3 is 1. The lowest BCUT2D eigenvalue weighted by atomic mass is 10.1. The van der Waals surface area contributed by atoms with Gasteiger partial charge in [0, 0.05) is 11.1 Å². The molecule has 0 atom stereocenters. The summed E-state index contributed by atoms with van der Waals surface area (Å²) in [6.45, 7) is 1.88. The Balaban J connectivity index is 1.91. The number of nitrogens with one attached hydrogen (secondary N) is 1. The van der Waals surface area contributed by atoms with E-state index in [2.05, 4.69) is 15.5 Å². The highest BCUT2D eigenvalue weighted by Gasteiger charge is 2.14. The average Bonchev–Trinajstić information content (AvgIpc) is 3.07. The van der Waals surface area contributed by atoms with Crippen molar-refractivity contribution in [1.82, 2.24) is 10.2 Å². The normalized spacial score (nSPS) is 10.1. The van der Waals surface area contributed by atoms with Crippen LogP contribution in [0.25, 0.3) is 10.6 Å². The largest absolute Gasteiger partial charge is 0.495 e. The zero-order chi connectivity index (χ0) is 17.8. The summed E-state index contributed by atoms with van der Waals surface area (Å²) in [5.74, 6) is 0.122. The minimum atomic E-state index is -0.312. The smallest absolute Gasteiger partial charge is 0.255 e. The number of rotatable bonds is 4. The van der Waals surface area contributed by atoms with Crippen LogP contribution in [-0.4, -0.2) is 23.2 Å². The molecule has 0 spiro atoms. The second kappa shape index (κ2) is 7.11. The van der Waals surface area contributed by atoms with Crippen LogP contribution in [0.4, 0.5) is 5.69 Å². The molecule has 25 heavy (non-hydrogen) atoms. The van der Waals surface area contributed by atoms with E-state index in [0.717, 1.165) is 15.6 Å². The van der Waals surface area contributed by atoms with E-state index in [1.165, 1.54) is 24.5 Å². The Hall–Kier alpha value is -3.24. The number of para-hydroxylation sites is 1. The topological polar surface area (TPSA) is 87.9 Å². The molecule has 1 amide bonds. The standard InChI is InChI=1S/C18H14N4O2S/c1-11-21-22-18(25-11)14-5-3-4-6-15(14)20-17(23)12-7-8-16(24-2)13(9-12)10-19/h3-9H,1-2H3,(H,20,23). The summed E-state index contributed by atoms with van der Waals surface area (Å²) in [6, 6.07) is 14.1. The van der Waals surface area contributed by atoms with Gasteiger partial charge in [0.1, 0.15) is 21.8 Å². The van der Waals surface area contributed by atoms with Crippen molar-refractivity contribution >= 4 is 22.9 Å². The van der Waals surface area contributed by atoms with Crippen LogP contribution in [0, 0.1) is 18.3 Å². The second-order valence-corrected chi connectivity index (χ2v) is 6.33. The van der Waals surface area contributed by atoms with E-state index in [1.807, 2.05) is 31.2 Å². The molecule has 3 aromatic rings. The highest BCUT2D eigenvalue weighted by atomic mass is 32.1. The number of benzene rings is 2. The molecule has 1 aromatic heterocycles. The van der Waals surface area contributed by atoms with E-state index in [-0.39, 0.29) is 5.91 Å². The molecule has 0 radical (unpaired) electrons. The Kier molecular flexibility index (Phi) is 4.73. The molecule has 1 N–H and O–H groups in total. The fraction of sp³-hybridized carbons (Fsp3) is 0.111. The molecule has 0 aliphatic carbocycles. The lowest BCUT2D eigenvalue weighted by Crippen LogP contribution is -2.13. The van der Waals surface area contributed by atoms with Gasteiger partial charge in [0.15, 0.2) is 0 Å². The number of anilines is 1. The van der Waals surface area contributed by atoms with E-state index in [4.69, 9.17) is 10.00 Å². The first kappa shape index (κ1) is 16.6. The number of carbonyl (C=O) groups is 1. The third-order valence-corrected chi connectivity index (χ3v) is 4.39. The molecule has 7 heteroatoms. The number of nitrogens with zero attached hydrogens (tertiary/aromatic N) is 3. The van der Waals surface area contributed by atoms with Crippen LogP contribution in [0.3, 0.4) is 0 Å². The zero-order valence-electron chi connectivity index (χ0n) is 13.6. The van der Waals surface area contributed by atoms with E-state index < -0.39 is 0 Å². The maximum Gasteiger partial charge on any atom is 0.255 e. The van der Waals surface area contributed by atoms with Crippen LogP contribution in [0.2, 0.25) is 0 Å². The molecule has 6 nitrogen and oxygen atoms in total. The number of aryl methyl sites for hydroxylation is 1. The molecule has 2 aromatic carbocycles. The van der Waals surface area contributed by atoms with Gasteiger partial charge >= 0.3 is 0 Å². The van der Waals surface area contributed by atoms with Crippen molar-refractivity contribution in [3.8, 4) is 22.4 Å². The quantitative estimate of drug-likeness (QED) is 0.776. The number of ether oxygens (including phenoxy) is 1. The molecule has 124 valence electrons. The highest BCUT2D eigenvalue weighted by Crippen LogP contribution is 2.30. The SMILES string of the molecule is COc1ccc(C(=O)Nc2ccccc2-c2nnc(C)s2)cc1C#N. The maximum atomic E-state index is 12.6. The number of aromatic nitrogens is 2. The van der Waals surface area contributed by atoms with Crippen molar-refractivity contribution in [1.29, 1.82) is 5.26 Å². The van der Waals surface area contributed by atoms with Crippen molar-refractivity contribution in [2.45, 2.75) is 6.92 Å². The Morgan fingerprint density at radius 2 is 2.04 bits per heavy atom. The molecule has 0 bridgehead atoms. The first-order chi connectivity index (χ1) is 12.1. The number of amides is 1. The van der Waals surface area contributed by atoms with Gasteiger partial charge < -0.3 is 10.1 Å². The van der Waals surface area contributed by atoms with Crippen molar-refractivity contribution < 1.29 is 9.53 Å². The minimum absolute atomic E-state index is 0.309. The van der Waals surface area contributed by atoms with Crippen LogP contribution in [0.1, 0.15) is 20.9 Å². The van der Waals surface area contributed by atoms with Crippen LogP contribution < -0.4 is 10.1 Å². The van der Waals surface area contributed by atoms with Gasteiger partial charge in [-0.25, -0.2) is 0 Å². The number of hydrogen-bond donors (Lipinski definition) is 1. The molecule has 0 saturated heterocycles. The van der Waals surface area contributed by atoms with Crippen LogP contribution >= 0.6 is 11.3 Å². The van der Waals surface area contributed by atoms with Gasteiger partial charge in [-0.2, -0.15) is 5.26 Å². The van der Waals surface area contributed by atoms with Crippen molar-refractivity contribution in [2.75, 3.05) is 12.4 Å². The van der Waals surface area contributed by atoms with Crippen LogP contribution in [-0.2, 0) is 0 Å². The summed E-state index contributed by atoms with van der Waals surface area (Å²) >= 11 is 1.46. The second-order valence-electron chi connectivity index (χ2n) is 5.15. The number of nitriles is 1. The third-order valence-electron chi connectivity index (χ3n) is 3.51. The molecule has 3 rings (SSSR count). The van der Waals surface area contributed by atoms with Gasteiger partial charge in [0.2, 0.25) is 0 Å². The zero-order valence-corrected chi connectivity index (χ0v) is 14.4. The van der Waals surface area contributed by atoms with E-state index in [0.29, 0.717) is 22.6 Å². The predicted octanol–water partition coefficient (Wildman–Crippen LogP) is 3.65. The highest BCUT2D eigenvalue weighted by molar-refractivity contribution is 7.14. The first-order valence-electron chi connectivity index (χ1n) is 7.41. The molecular formula is C18H14N4O2S. The van der Waals surface area contributed by atoms with Crippen molar-refractivity contribution in [2.24, 2.45) is 0 Å². The molecule has 1 heterocycles. The summed E-state index contributed by atoms with van der Waals surface area (Å²) < 4.78 is 5.10. The summed E-state index contributed by atoms with van der Waals surface area (Å²) in [5.41, 5.74) is 2.12. The monoisotopic (exact) mass is 350 g/mol. The third kappa shape index (κ3) is 3.49. The van der Waals surface area contributed by atoms with Gasteiger partial charge in [-0.15, -0.1) is 10.2 Å². The van der Waals surface area contributed by atoms with Crippen molar-refractivity contribution in [3.05, 3.63) is 58.6 Å². The Bertz CT molecular complexity index is 975. The van der Waals surface area contributed by atoms with Gasteiger partial charge in [-0.05, 0) is 37.3 Å². The lowest BCUT2D eigenvalue weighted by Gasteiger charge is -2.10. The Morgan fingerprint density at radius 3 is 2.72 bits per heavy atom. The van der Waals surface area contributed by atoms with Gasteiger partial charge in [0.05, 0.1) is 18.4 Å². The fourth-order valence-corrected chi connectivity index (χ4v) is 3.05. The van der Waals surface area contributed by atoms with E-state index in [9.17, 15) is 4.79 Å². The number of carbonyl (C=O) groups excluding carboxylic acids is 1. The fourth-order valence-electron chi connectivity index (χ4n) is 2.32. The van der Waals surface area contributed by atoms with Crippen LogP contribution in [0.5, 0.6) is 5.75 Å². The molecule has 0 saturated carbocycles. The minimum Gasteiger partial charge on any atom is -0.495 e. The summed E-state index contributed by atoms with van der Waals surface area (Å²) in [6.07, 6.45) is 0. The maximum absolute atomic E-state index is 12.6. The molecular weight excluding hydrogens is 336 g/mol. The average molecular weight is 350 g/mol. The number of hydrogen-bond acceptors (Lipinski definition) is 6. The predicted molar refractivity (Wildman–Crippen MR) is 95.7 cm³/mol. The van der Waals surface area contributed by atoms with Crippen molar-refractivity contribution in [3.63, 3.8) is 0 Å². The van der Waals surface area contributed by atoms with Gasteiger partial charge in [-0.1, -0.05) is 23.5 Å². The molecule has 0 unspecified atom stereocenters. The van der Waals surface area contributed by atoms with E-state index in [1.54, 1.807) is 18.2 Å². The Morgan fingerprint density at radius 1 is 1.24 bits per heavy atom. The summed E-state index contributed by atoms with van der Waals surface area (Å²) in [5, 5.41) is 21.8.